The Kier molecular flexibility index (Phi) is 5.03. The Morgan fingerprint density at radius 3 is 2.90 bits per heavy atom. The van der Waals surface area contributed by atoms with Crippen molar-refractivity contribution in [2.24, 2.45) is 13.0 Å². The van der Waals surface area contributed by atoms with Crippen LogP contribution in [0.4, 0.5) is 5.69 Å². The number of hydrogen-bond donors (Lipinski definition) is 1. The van der Waals surface area contributed by atoms with Gasteiger partial charge in [-0.05, 0) is 28.8 Å². The zero-order valence-corrected chi connectivity index (χ0v) is 14.2. The predicted octanol–water partition coefficient (Wildman–Crippen LogP) is 1.28. The van der Waals surface area contributed by atoms with Crippen molar-refractivity contribution in [3.05, 3.63) is 21.0 Å². The third-order valence-electron chi connectivity index (χ3n) is 3.69. The minimum atomic E-state index is -0.152. The lowest BCUT2D eigenvalue weighted by molar-refractivity contribution is -0.124. The van der Waals surface area contributed by atoms with E-state index in [1.165, 1.54) is 4.68 Å². The molecule has 6 nitrogen and oxygen atoms in total. The minimum Gasteiger partial charge on any atom is -0.367 e. The van der Waals surface area contributed by atoms with Gasteiger partial charge in [0, 0.05) is 32.1 Å². The normalized spacial score (nSPS) is 18.9. The molecule has 1 amide bonds. The van der Waals surface area contributed by atoms with Gasteiger partial charge in [-0.2, -0.15) is 5.10 Å². The van der Waals surface area contributed by atoms with Gasteiger partial charge >= 0.3 is 0 Å². The van der Waals surface area contributed by atoms with E-state index in [-0.39, 0.29) is 23.4 Å². The molecule has 0 spiro atoms. The molecule has 0 saturated carbocycles. The average Bonchev–Trinajstić information content (AvgIpc) is 2.45. The van der Waals surface area contributed by atoms with Gasteiger partial charge in [0.05, 0.1) is 11.9 Å². The minimum absolute atomic E-state index is 0.0159. The van der Waals surface area contributed by atoms with Gasteiger partial charge in [0.1, 0.15) is 4.47 Å². The number of anilines is 1. The van der Waals surface area contributed by atoms with Crippen molar-refractivity contribution in [3.63, 3.8) is 0 Å². The van der Waals surface area contributed by atoms with E-state index >= 15 is 0 Å². The third kappa shape index (κ3) is 3.64. The van der Waals surface area contributed by atoms with Gasteiger partial charge < -0.3 is 10.2 Å². The molecule has 0 aliphatic carbocycles. The van der Waals surface area contributed by atoms with E-state index in [1.54, 1.807) is 13.2 Å². The monoisotopic (exact) mass is 356 g/mol. The number of amides is 1. The molecule has 1 aliphatic rings. The second-order valence-electron chi connectivity index (χ2n) is 5.72. The SMILES string of the molecule is CC(C)C(=O)NC1CCCN(c2cnn(C)c(=O)c2Br)C1. The molecule has 0 aromatic carbocycles. The highest BCUT2D eigenvalue weighted by Crippen LogP contribution is 2.25. The number of nitrogens with one attached hydrogen (secondary N) is 1. The van der Waals surface area contributed by atoms with Gasteiger partial charge in [0.25, 0.3) is 5.56 Å². The summed E-state index contributed by atoms with van der Waals surface area (Å²) in [6.07, 6.45) is 3.63. The molecule has 0 radical (unpaired) electrons. The summed E-state index contributed by atoms with van der Waals surface area (Å²) in [5.74, 6) is 0.0563. The maximum Gasteiger partial charge on any atom is 0.282 e. The quantitative estimate of drug-likeness (QED) is 0.885. The Hall–Kier alpha value is -1.37. The molecule has 7 heteroatoms. The maximum absolute atomic E-state index is 11.9. The fraction of sp³-hybridized carbons (Fsp3) is 0.643. The number of hydrogen-bond acceptors (Lipinski definition) is 4. The van der Waals surface area contributed by atoms with Crippen molar-refractivity contribution in [3.8, 4) is 0 Å². The van der Waals surface area contributed by atoms with E-state index in [4.69, 9.17) is 0 Å². The zero-order valence-electron chi connectivity index (χ0n) is 12.6. The molecule has 1 aromatic rings. The Balaban J connectivity index is 2.13. The number of carbonyl (C=O) groups is 1. The number of nitrogens with zero attached hydrogens (tertiary/aromatic N) is 3. The smallest absolute Gasteiger partial charge is 0.282 e. The average molecular weight is 357 g/mol. The van der Waals surface area contributed by atoms with Crippen molar-refractivity contribution in [1.29, 1.82) is 0 Å². The Labute approximate surface area is 132 Å². The standard InChI is InChI=1S/C14H21BrN4O2/c1-9(2)13(20)17-10-5-4-6-19(8-10)11-7-16-18(3)14(21)12(11)15/h7,9-10H,4-6,8H2,1-3H3,(H,17,20). The Morgan fingerprint density at radius 2 is 2.24 bits per heavy atom. The van der Waals surface area contributed by atoms with Gasteiger partial charge in [0.2, 0.25) is 5.91 Å². The van der Waals surface area contributed by atoms with Crippen molar-refractivity contribution >= 4 is 27.5 Å². The largest absolute Gasteiger partial charge is 0.367 e. The van der Waals surface area contributed by atoms with Crippen LogP contribution in [0.15, 0.2) is 15.5 Å². The van der Waals surface area contributed by atoms with E-state index in [0.717, 1.165) is 25.1 Å². The highest BCUT2D eigenvalue weighted by Gasteiger charge is 2.24. The topological polar surface area (TPSA) is 67.2 Å². The third-order valence-corrected chi connectivity index (χ3v) is 4.44. The van der Waals surface area contributed by atoms with E-state index < -0.39 is 0 Å². The summed E-state index contributed by atoms with van der Waals surface area (Å²) in [4.78, 5) is 25.9. The van der Waals surface area contributed by atoms with Gasteiger partial charge in [-0.1, -0.05) is 13.8 Å². The number of carbonyl (C=O) groups excluding carboxylic acids is 1. The zero-order chi connectivity index (χ0) is 15.6. The van der Waals surface area contributed by atoms with Crippen LogP contribution in [0.1, 0.15) is 26.7 Å². The number of aromatic nitrogens is 2. The number of rotatable bonds is 3. The summed E-state index contributed by atoms with van der Waals surface area (Å²) in [7, 11) is 1.62. The number of aryl methyl sites for hydroxylation is 1. The second-order valence-corrected chi connectivity index (χ2v) is 6.51. The van der Waals surface area contributed by atoms with Crippen LogP contribution in [0.25, 0.3) is 0 Å². The van der Waals surface area contributed by atoms with Crippen LogP contribution in [-0.2, 0) is 11.8 Å². The highest BCUT2D eigenvalue weighted by atomic mass is 79.9. The van der Waals surface area contributed by atoms with Gasteiger partial charge in [-0.15, -0.1) is 0 Å². The summed E-state index contributed by atoms with van der Waals surface area (Å²) in [5.41, 5.74) is 0.641. The second kappa shape index (κ2) is 6.60. The molecule has 116 valence electrons. The van der Waals surface area contributed by atoms with Crippen molar-refractivity contribution in [1.82, 2.24) is 15.1 Å². The van der Waals surface area contributed by atoms with E-state index in [2.05, 4.69) is 31.2 Å². The molecule has 1 aliphatic heterocycles. The van der Waals surface area contributed by atoms with Gasteiger partial charge in [-0.25, -0.2) is 4.68 Å². The molecule has 1 unspecified atom stereocenters. The molecule has 1 aromatic heterocycles. The van der Waals surface area contributed by atoms with Crippen LogP contribution in [0.5, 0.6) is 0 Å². The number of halogens is 1. The first-order valence-corrected chi connectivity index (χ1v) is 7.96. The van der Waals surface area contributed by atoms with Gasteiger partial charge in [-0.3, -0.25) is 9.59 Å². The summed E-state index contributed by atoms with van der Waals surface area (Å²) >= 11 is 3.36. The summed E-state index contributed by atoms with van der Waals surface area (Å²) in [5, 5.41) is 7.14. The van der Waals surface area contributed by atoms with E-state index in [1.807, 2.05) is 13.8 Å². The molecule has 1 N–H and O–H groups in total. The van der Waals surface area contributed by atoms with Crippen molar-refractivity contribution in [2.75, 3.05) is 18.0 Å². The molecular formula is C14H21BrN4O2. The van der Waals surface area contributed by atoms with Crippen LogP contribution < -0.4 is 15.8 Å². The van der Waals surface area contributed by atoms with E-state index in [0.29, 0.717) is 11.0 Å². The fourth-order valence-corrected chi connectivity index (χ4v) is 3.01. The van der Waals surface area contributed by atoms with Crippen molar-refractivity contribution < 1.29 is 4.79 Å². The molecule has 1 saturated heterocycles. The Bertz CT molecular complexity index is 585. The molecule has 2 rings (SSSR count). The first-order chi connectivity index (χ1) is 9.90. The molecule has 1 fully saturated rings. The first kappa shape index (κ1) is 16.0. The molecule has 1 atom stereocenters. The lowest BCUT2D eigenvalue weighted by atomic mass is 10.0. The first-order valence-electron chi connectivity index (χ1n) is 7.17. The summed E-state index contributed by atoms with van der Waals surface area (Å²) < 4.78 is 1.83. The lowest BCUT2D eigenvalue weighted by Crippen LogP contribution is -2.49. The van der Waals surface area contributed by atoms with Crippen LogP contribution in [0, 0.1) is 5.92 Å². The van der Waals surface area contributed by atoms with Gasteiger partial charge in [0.15, 0.2) is 0 Å². The van der Waals surface area contributed by atoms with Crippen LogP contribution in [0.3, 0.4) is 0 Å². The van der Waals surface area contributed by atoms with Crippen LogP contribution >= 0.6 is 15.9 Å². The predicted molar refractivity (Wildman–Crippen MR) is 85.4 cm³/mol. The maximum atomic E-state index is 11.9. The summed E-state index contributed by atoms with van der Waals surface area (Å²) in [6, 6.07) is 0.115. The Morgan fingerprint density at radius 1 is 1.52 bits per heavy atom. The van der Waals surface area contributed by atoms with Crippen LogP contribution in [0.2, 0.25) is 0 Å². The molecule has 2 heterocycles. The summed E-state index contributed by atoms with van der Waals surface area (Å²) in [6.45, 7) is 5.34. The van der Waals surface area contributed by atoms with E-state index in [9.17, 15) is 9.59 Å². The molecule has 21 heavy (non-hydrogen) atoms. The molecule has 0 bridgehead atoms. The lowest BCUT2D eigenvalue weighted by Gasteiger charge is -2.35. The van der Waals surface area contributed by atoms with Crippen molar-refractivity contribution in [2.45, 2.75) is 32.7 Å². The fourth-order valence-electron chi connectivity index (χ4n) is 2.40. The number of piperidine rings is 1. The highest BCUT2D eigenvalue weighted by molar-refractivity contribution is 9.10. The molecular weight excluding hydrogens is 336 g/mol. The van der Waals surface area contributed by atoms with Crippen LogP contribution in [-0.4, -0.2) is 34.8 Å².